The number of carboxylic acid groups (broad SMARTS) is 1. The van der Waals surface area contributed by atoms with Crippen LogP contribution in [-0.4, -0.2) is 20.7 Å². The van der Waals surface area contributed by atoms with Gasteiger partial charge >= 0.3 is 5.97 Å². The SMILES string of the molecule is Cc1c(C(=O)O)c2cc(O)ccc2n1CC1CC1. The number of aromatic carboxylic acids is 1. The monoisotopic (exact) mass is 245 g/mol. The molecule has 1 aromatic heterocycles. The predicted octanol–water partition coefficient (Wildman–Crippen LogP) is 2.76. The van der Waals surface area contributed by atoms with Gasteiger partial charge in [-0.05, 0) is 43.9 Å². The molecule has 94 valence electrons. The Kier molecular flexibility index (Phi) is 2.33. The van der Waals surface area contributed by atoms with Crippen LogP contribution in [0.4, 0.5) is 0 Å². The number of benzene rings is 1. The molecule has 0 radical (unpaired) electrons. The molecule has 1 fully saturated rings. The Morgan fingerprint density at radius 2 is 2.17 bits per heavy atom. The van der Waals surface area contributed by atoms with Crippen molar-refractivity contribution in [3.63, 3.8) is 0 Å². The third kappa shape index (κ3) is 1.65. The lowest BCUT2D eigenvalue weighted by atomic mass is 10.1. The van der Waals surface area contributed by atoms with Gasteiger partial charge in [-0.1, -0.05) is 0 Å². The minimum atomic E-state index is -0.933. The van der Waals surface area contributed by atoms with Crippen molar-refractivity contribution >= 4 is 16.9 Å². The number of phenolic OH excluding ortho intramolecular Hbond substituents is 1. The molecule has 18 heavy (non-hydrogen) atoms. The molecule has 1 heterocycles. The van der Waals surface area contributed by atoms with Crippen LogP contribution in [0.15, 0.2) is 18.2 Å². The van der Waals surface area contributed by atoms with Crippen LogP contribution >= 0.6 is 0 Å². The molecule has 2 N–H and O–H groups in total. The summed E-state index contributed by atoms with van der Waals surface area (Å²) in [5.41, 5.74) is 1.98. The smallest absolute Gasteiger partial charge is 0.338 e. The highest BCUT2D eigenvalue weighted by atomic mass is 16.4. The summed E-state index contributed by atoms with van der Waals surface area (Å²) in [7, 11) is 0. The normalized spacial score (nSPS) is 15.2. The molecule has 0 spiro atoms. The minimum Gasteiger partial charge on any atom is -0.508 e. The molecule has 1 aliphatic carbocycles. The van der Waals surface area contributed by atoms with Crippen LogP contribution in [0.1, 0.15) is 28.9 Å². The fourth-order valence-corrected chi connectivity index (χ4v) is 2.53. The molecule has 1 aliphatic rings. The first-order valence-electron chi connectivity index (χ1n) is 6.13. The molecule has 0 amide bonds. The second kappa shape index (κ2) is 3.77. The third-order valence-electron chi connectivity index (χ3n) is 3.66. The van der Waals surface area contributed by atoms with Gasteiger partial charge in [-0.2, -0.15) is 0 Å². The maximum atomic E-state index is 11.4. The van der Waals surface area contributed by atoms with Crippen molar-refractivity contribution in [2.24, 2.45) is 5.92 Å². The fraction of sp³-hybridized carbons (Fsp3) is 0.357. The maximum absolute atomic E-state index is 11.4. The largest absolute Gasteiger partial charge is 0.508 e. The highest BCUT2D eigenvalue weighted by molar-refractivity contribution is 6.05. The molecule has 4 heteroatoms. The second-order valence-electron chi connectivity index (χ2n) is 5.02. The summed E-state index contributed by atoms with van der Waals surface area (Å²) in [5, 5.41) is 19.5. The molecule has 1 aromatic carbocycles. The summed E-state index contributed by atoms with van der Waals surface area (Å²) in [6.07, 6.45) is 2.44. The number of nitrogens with zero attached hydrogens (tertiary/aromatic N) is 1. The Morgan fingerprint density at radius 1 is 1.44 bits per heavy atom. The van der Waals surface area contributed by atoms with E-state index in [0.717, 1.165) is 17.8 Å². The van der Waals surface area contributed by atoms with Gasteiger partial charge in [0.1, 0.15) is 5.75 Å². The van der Waals surface area contributed by atoms with E-state index in [0.29, 0.717) is 16.9 Å². The molecular weight excluding hydrogens is 230 g/mol. The van der Waals surface area contributed by atoms with Crippen molar-refractivity contribution in [3.05, 3.63) is 29.5 Å². The van der Waals surface area contributed by atoms with Crippen molar-refractivity contribution in [1.82, 2.24) is 4.57 Å². The van der Waals surface area contributed by atoms with Crippen LogP contribution in [0, 0.1) is 12.8 Å². The third-order valence-corrected chi connectivity index (χ3v) is 3.66. The van der Waals surface area contributed by atoms with Gasteiger partial charge in [-0.3, -0.25) is 0 Å². The van der Waals surface area contributed by atoms with E-state index in [2.05, 4.69) is 4.57 Å². The lowest BCUT2D eigenvalue weighted by Crippen LogP contribution is -2.04. The average Bonchev–Trinajstić information content (AvgIpc) is 3.05. The summed E-state index contributed by atoms with van der Waals surface area (Å²) in [4.78, 5) is 11.4. The van der Waals surface area contributed by atoms with Gasteiger partial charge in [0.05, 0.1) is 5.56 Å². The van der Waals surface area contributed by atoms with Crippen molar-refractivity contribution in [2.45, 2.75) is 26.3 Å². The lowest BCUT2D eigenvalue weighted by molar-refractivity contribution is 0.0698. The van der Waals surface area contributed by atoms with Crippen molar-refractivity contribution in [3.8, 4) is 5.75 Å². The zero-order valence-corrected chi connectivity index (χ0v) is 10.2. The maximum Gasteiger partial charge on any atom is 0.338 e. The fourth-order valence-electron chi connectivity index (χ4n) is 2.53. The Bertz CT molecular complexity index is 638. The van der Waals surface area contributed by atoms with Gasteiger partial charge < -0.3 is 14.8 Å². The average molecular weight is 245 g/mol. The molecule has 0 bridgehead atoms. The van der Waals surface area contributed by atoms with Gasteiger partial charge in [0.15, 0.2) is 0 Å². The Morgan fingerprint density at radius 3 is 2.78 bits per heavy atom. The van der Waals surface area contributed by atoms with Crippen LogP contribution in [0.3, 0.4) is 0 Å². The topological polar surface area (TPSA) is 62.5 Å². The summed E-state index contributed by atoms with van der Waals surface area (Å²) in [5.74, 6) is -0.152. The molecule has 4 nitrogen and oxygen atoms in total. The standard InChI is InChI=1S/C14H15NO3/c1-8-13(14(17)18)11-6-10(16)4-5-12(11)15(8)7-9-2-3-9/h4-6,9,16H,2-3,7H2,1H3,(H,17,18). The molecular formula is C14H15NO3. The number of fused-ring (bicyclic) bond motifs is 1. The zero-order chi connectivity index (χ0) is 12.9. The first-order valence-corrected chi connectivity index (χ1v) is 6.13. The van der Waals surface area contributed by atoms with Gasteiger partial charge in [0.2, 0.25) is 0 Å². The molecule has 0 aliphatic heterocycles. The van der Waals surface area contributed by atoms with E-state index < -0.39 is 5.97 Å². The van der Waals surface area contributed by atoms with Gasteiger partial charge in [-0.25, -0.2) is 4.79 Å². The van der Waals surface area contributed by atoms with Crippen molar-refractivity contribution < 1.29 is 15.0 Å². The summed E-state index contributed by atoms with van der Waals surface area (Å²) < 4.78 is 2.07. The Labute approximate surface area is 104 Å². The molecule has 1 saturated carbocycles. The summed E-state index contributed by atoms with van der Waals surface area (Å²) >= 11 is 0. The molecule has 3 rings (SSSR count). The first-order chi connectivity index (χ1) is 8.58. The Balaban J connectivity index is 2.27. The van der Waals surface area contributed by atoms with E-state index in [-0.39, 0.29) is 5.75 Å². The van der Waals surface area contributed by atoms with E-state index in [1.165, 1.54) is 18.9 Å². The molecule has 0 saturated heterocycles. The molecule has 2 aromatic rings. The van der Waals surface area contributed by atoms with Crippen LogP contribution in [-0.2, 0) is 6.54 Å². The van der Waals surface area contributed by atoms with Gasteiger partial charge in [0, 0.05) is 23.1 Å². The van der Waals surface area contributed by atoms with Crippen molar-refractivity contribution in [1.29, 1.82) is 0 Å². The number of carboxylic acids is 1. The van der Waals surface area contributed by atoms with E-state index >= 15 is 0 Å². The molecule has 0 unspecified atom stereocenters. The number of phenols is 1. The number of rotatable bonds is 3. The highest BCUT2D eigenvalue weighted by Crippen LogP contribution is 2.35. The van der Waals surface area contributed by atoms with E-state index in [1.54, 1.807) is 12.1 Å². The number of hydrogen-bond acceptors (Lipinski definition) is 2. The second-order valence-corrected chi connectivity index (χ2v) is 5.02. The molecule has 0 atom stereocenters. The lowest BCUT2D eigenvalue weighted by Gasteiger charge is -2.06. The van der Waals surface area contributed by atoms with Crippen LogP contribution < -0.4 is 0 Å². The van der Waals surface area contributed by atoms with Gasteiger partial charge in [-0.15, -0.1) is 0 Å². The summed E-state index contributed by atoms with van der Waals surface area (Å²) in [6, 6.07) is 4.94. The van der Waals surface area contributed by atoms with Crippen LogP contribution in [0.5, 0.6) is 5.75 Å². The summed E-state index contributed by atoms with van der Waals surface area (Å²) in [6.45, 7) is 2.71. The van der Waals surface area contributed by atoms with Crippen molar-refractivity contribution in [2.75, 3.05) is 0 Å². The number of aromatic nitrogens is 1. The van der Waals surface area contributed by atoms with Crippen LogP contribution in [0.25, 0.3) is 10.9 Å². The number of carbonyl (C=O) groups is 1. The minimum absolute atomic E-state index is 0.105. The zero-order valence-electron chi connectivity index (χ0n) is 10.2. The number of aromatic hydroxyl groups is 1. The van der Waals surface area contributed by atoms with E-state index in [4.69, 9.17) is 0 Å². The highest BCUT2D eigenvalue weighted by Gasteiger charge is 2.26. The van der Waals surface area contributed by atoms with Crippen LogP contribution in [0.2, 0.25) is 0 Å². The first kappa shape index (κ1) is 11.1. The quantitative estimate of drug-likeness (QED) is 0.874. The van der Waals surface area contributed by atoms with E-state index in [9.17, 15) is 15.0 Å². The van der Waals surface area contributed by atoms with Gasteiger partial charge in [0.25, 0.3) is 0 Å². The van der Waals surface area contributed by atoms with E-state index in [1.807, 2.05) is 6.92 Å². The predicted molar refractivity (Wildman–Crippen MR) is 68.0 cm³/mol. The Hall–Kier alpha value is -1.97. The number of hydrogen-bond donors (Lipinski definition) is 2.